The van der Waals surface area contributed by atoms with Gasteiger partial charge < -0.3 is 15.0 Å². The van der Waals surface area contributed by atoms with Crippen molar-refractivity contribution in [2.45, 2.75) is 13.0 Å². The molecule has 5 heteroatoms. The van der Waals surface area contributed by atoms with Crippen LogP contribution in [0.2, 0.25) is 0 Å². The van der Waals surface area contributed by atoms with Crippen molar-refractivity contribution in [2.75, 3.05) is 7.11 Å². The maximum atomic E-state index is 7.19. The molecule has 0 spiro atoms. The highest BCUT2D eigenvalue weighted by Gasteiger charge is 2.05. The van der Waals surface area contributed by atoms with Crippen molar-refractivity contribution in [1.82, 2.24) is 5.27 Å². The number of ether oxygens (including phenoxy) is 1. The molecule has 84 valence electrons. The second kappa shape index (κ2) is 4.65. The van der Waals surface area contributed by atoms with Gasteiger partial charge in [0, 0.05) is 6.42 Å². The second-order valence-electron chi connectivity index (χ2n) is 3.43. The zero-order chi connectivity index (χ0) is 11.4. The average molecular weight is 219 g/mol. The molecule has 0 saturated heterocycles. The predicted molar refractivity (Wildman–Crippen MR) is 57.4 cm³/mol. The number of aryl methyl sites for hydroxylation is 2. The first-order valence-corrected chi connectivity index (χ1v) is 4.99. The monoisotopic (exact) mass is 219 g/mol. The maximum Gasteiger partial charge on any atom is 0.222 e. The Labute approximate surface area is 93.4 Å². The Morgan fingerprint density at radius 1 is 1.38 bits per heavy atom. The van der Waals surface area contributed by atoms with Gasteiger partial charge in [-0.2, -0.15) is 0 Å². The van der Waals surface area contributed by atoms with Crippen molar-refractivity contribution in [2.24, 2.45) is 0 Å². The molecule has 0 aliphatic carbocycles. The Kier molecular flexibility index (Phi) is 3.05. The minimum atomic E-state index is 0.0785. The molecule has 1 N–H and O–H groups in total. The number of aromatic nitrogens is 2. The van der Waals surface area contributed by atoms with Crippen LogP contribution in [0.15, 0.2) is 35.0 Å². The first-order valence-electron chi connectivity index (χ1n) is 4.99. The van der Waals surface area contributed by atoms with Crippen LogP contribution in [0.5, 0.6) is 5.75 Å². The standard InChI is InChI=1S/C11H13N3O2/c1-15-10-4-2-9(3-5-10)6-7-14-8-11(12)16-13-14/h2-5,8,12H,6-7H2,1H3. The van der Waals surface area contributed by atoms with Crippen LogP contribution in [-0.2, 0) is 13.0 Å². The zero-order valence-electron chi connectivity index (χ0n) is 9.01. The van der Waals surface area contributed by atoms with Crippen LogP contribution in [0.4, 0.5) is 5.88 Å². The van der Waals surface area contributed by atoms with Gasteiger partial charge in [-0.05, 0) is 17.7 Å². The van der Waals surface area contributed by atoms with E-state index >= 15 is 0 Å². The summed E-state index contributed by atoms with van der Waals surface area (Å²) in [6, 6.07) is 7.89. The molecule has 0 atom stereocenters. The van der Waals surface area contributed by atoms with Crippen LogP contribution in [0.1, 0.15) is 5.56 Å². The van der Waals surface area contributed by atoms with Gasteiger partial charge in [0.1, 0.15) is 11.6 Å². The van der Waals surface area contributed by atoms with Crippen molar-refractivity contribution < 1.29 is 13.9 Å². The molecular weight excluding hydrogens is 206 g/mol. The lowest BCUT2D eigenvalue weighted by molar-refractivity contribution is -0.761. The molecule has 0 unspecified atom stereocenters. The number of methoxy groups -OCH3 is 1. The molecule has 16 heavy (non-hydrogen) atoms. The maximum absolute atomic E-state index is 7.19. The summed E-state index contributed by atoms with van der Waals surface area (Å²) < 4.78 is 11.3. The van der Waals surface area contributed by atoms with Crippen molar-refractivity contribution in [3.05, 3.63) is 41.8 Å². The van der Waals surface area contributed by atoms with Gasteiger partial charge in [0.25, 0.3) is 0 Å². The predicted octanol–water partition coefficient (Wildman–Crippen LogP) is 1.90. The van der Waals surface area contributed by atoms with Crippen LogP contribution in [0, 0.1) is 0 Å². The lowest BCUT2D eigenvalue weighted by Crippen LogP contribution is -2.35. The summed E-state index contributed by atoms with van der Waals surface area (Å²) in [5, 5.41) is 3.69. The molecule has 0 radical (unpaired) electrons. The van der Waals surface area contributed by atoms with Crippen LogP contribution < -0.4 is 9.42 Å². The van der Waals surface area contributed by atoms with Crippen molar-refractivity contribution >= 4 is 5.88 Å². The molecule has 2 rings (SSSR count). The molecule has 1 aromatic carbocycles. The third kappa shape index (κ3) is 2.50. The highest BCUT2D eigenvalue weighted by Crippen LogP contribution is 2.11. The van der Waals surface area contributed by atoms with Crippen molar-refractivity contribution in [3.8, 4) is 5.75 Å². The van der Waals surface area contributed by atoms with E-state index in [0.29, 0.717) is 6.54 Å². The van der Waals surface area contributed by atoms with Gasteiger partial charge in [0.15, 0.2) is 11.8 Å². The molecule has 0 aliphatic heterocycles. The molecular formula is C11H13N3O2. The Morgan fingerprint density at radius 3 is 2.69 bits per heavy atom. The van der Waals surface area contributed by atoms with E-state index in [0.717, 1.165) is 12.2 Å². The highest BCUT2D eigenvalue weighted by atomic mass is 16.5. The van der Waals surface area contributed by atoms with E-state index in [9.17, 15) is 0 Å². The molecule has 0 bridgehead atoms. The van der Waals surface area contributed by atoms with Gasteiger partial charge in [-0.1, -0.05) is 16.8 Å². The summed E-state index contributed by atoms with van der Waals surface area (Å²) in [6.07, 6.45) is 2.41. The van der Waals surface area contributed by atoms with Crippen LogP contribution in [-0.4, -0.2) is 12.4 Å². The van der Waals surface area contributed by atoms with E-state index in [1.807, 2.05) is 24.3 Å². The first-order chi connectivity index (χ1) is 7.78. The summed E-state index contributed by atoms with van der Waals surface area (Å²) in [5.74, 6) is 0.931. The number of nitrogens with zero attached hydrogens (tertiary/aromatic N) is 2. The molecule has 1 heterocycles. The fourth-order valence-electron chi connectivity index (χ4n) is 1.42. The fraction of sp³-hybridized carbons (Fsp3) is 0.273. The quantitative estimate of drug-likeness (QED) is 0.738. The van der Waals surface area contributed by atoms with Gasteiger partial charge in [0.2, 0.25) is 6.20 Å². The molecule has 0 fully saturated rings. The van der Waals surface area contributed by atoms with Gasteiger partial charge >= 0.3 is 0 Å². The van der Waals surface area contributed by atoms with E-state index in [4.69, 9.17) is 10.5 Å². The zero-order valence-corrected chi connectivity index (χ0v) is 9.01. The average Bonchev–Trinajstić information content (AvgIpc) is 2.73. The van der Waals surface area contributed by atoms with Crippen molar-refractivity contribution in [3.63, 3.8) is 0 Å². The molecule has 0 saturated carbocycles. The van der Waals surface area contributed by atoms with Crippen LogP contribution in [0.25, 0.3) is 5.73 Å². The summed E-state index contributed by atoms with van der Waals surface area (Å²) >= 11 is 0. The lowest BCUT2D eigenvalue weighted by Gasteiger charge is -2.00. The van der Waals surface area contributed by atoms with E-state index in [2.05, 4.69) is 9.79 Å². The normalized spacial score (nSPS) is 10.3. The van der Waals surface area contributed by atoms with Gasteiger partial charge in [-0.3, -0.25) is 0 Å². The topological polar surface area (TPSA) is 62.9 Å². The van der Waals surface area contributed by atoms with Crippen molar-refractivity contribution in [1.29, 1.82) is 0 Å². The highest BCUT2D eigenvalue weighted by molar-refractivity contribution is 5.27. The SMILES string of the molecule is COc1ccc(CC[n+]2cc([NH-])on2)cc1. The van der Waals surface area contributed by atoms with Crippen LogP contribution >= 0.6 is 0 Å². The van der Waals surface area contributed by atoms with E-state index in [1.165, 1.54) is 5.56 Å². The minimum Gasteiger partial charge on any atom is -0.660 e. The van der Waals surface area contributed by atoms with Gasteiger partial charge in [-0.25, -0.2) is 0 Å². The van der Waals surface area contributed by atoms with E-state index in [-0.39, 0.29) is 5.88 Å². The van der Waals surface area contributed by atoms with E-state index < -0.39 is 0 Å². The number of hydrogen-bond acceptors (Lipinski definition) is 3. The molecule has 5 nitrogen and oxygen atoms in total. The number of nitrogens with one attached hydrogen (secondary N) is 1. The Morgan fingerprint density at radius 2 is 2.12 bits per heavy atom. The Bertz CT molecular complexity index is 451. The third-order valence-electron chi connectivity index (χ3n) is 2.30. The fourth-order valence-corrected chi connectivity index (χ4v) is 1.42. The van der Waals surface area contributed by atoms with Crippen LogP contribution in [0.3, 0.4) is 0 Å². The number of benzene rings is 1. The molecule has 0 amide bonds. The summed E-state index contributed by atoms with van der Waals surface area (Å²) in [6.45, 7) is 0.703. The minimum absolute atomic E-state index is 0.0785. The number of rotatable bonds is 4. The summed E-state index contributed by atoms with van der Waals surface area (Å²) in [4.78, 5) is 0. The Hall–Kier alpha value is -2.04. The smallest absolute Gasteiger partial charge is 0.222 e. The number of hydrogen-bond donors (Lipinski definition) is 0. The summed E-state index contributed by atoms with van der Waals surface area (Å²) in [7, 11) is 1.65. The lowest BCUT2D eigenvalue weighted by atomic mass is 10.1. The van der Waals surface area contributed by atoms with E-state index in [1.54, 1.807) is 18.0 Å². The molecule has 0 aliphatic rings. The second-order valence-corrected chi connectivity index (χ2v) is 3.43. The largest absolute Gasteiger partial charge is 0.660 e. The molecule has 2 aromatic rings. The summed E-state index contributed by atoms with van der Waals surface area (Å²) in [5.41, 5.74) is 8.38. The Balaban J connectivity index is 1.94. The van der Waals surface area contributed by atoms with Gasteiger partial charge in [0.05, 0.1) is 7.11 Å². The first kappa shape index (κ1) is 10.5. The van der Waals surface area contributed by atoms with Gasteiger partial charge in [-0.15, -0.1) is 0 Å². The molecule has 1 aromatic heterocycles. The third-order valence-corrected chi connectivity index (χ3v) is 2.30.